The normalized spacial score (nSPS) is 20.0. The van der Waals surface area contributed by atoms with Crippen molar-refractivity contribution in [3.05, 3.63) is 64.5 Å². The molecule has 0 spiro atoms. The molecule has 1 aromatic carbocycles. The van der Waals surface area contributed by atoms with E-state index >= 15 is 0 Å². The highest BCUT2D eigenvalue weighted by atomic mass is 19.4. The molecule has 4 heterocycles. The van der Waals surface area contributed by atoms with E-state index in [0.717, 1.165) is 23.5 Å². The first-order chi connectivity index (χ1) is 16.6. The molecule has 1 amide bonds. The van der Waals surface area contributed by atoms with Gasteiger partial charge in [-0.2, -0.15) is 18.3 Å². The number of carbonyl (C=O) groups excluding carboxylic acids is 1. The number of piperazine rings is 1. The quantitative estimate of drug-likeness (QED) is 0.530. The smallest absolute Gasteiger partial charge is 0.333 e. The van der Waals surface area contributed by atoms with Crippen LogP contribution in [0.2, 0.25) is 0 Å². The number of H-pyrrole nitrogens is 1. The van der Waals surface area contributed by atoms with E-state index < -0.39 is 29.0 Å². The van der Waals surface area contributed by atoms with E-state index in [-0.39, 0.29) is 12.1 Å². The van der Waals surface area contributed by atoms with Crippen molar-refractivity contribution in [1.82, 2.24) is 30.0 Å². The lowest BCUT2D eigenvalue weighted by Gasteiger charge is -2.34. The number of hydrogen-bond donors (Lipinski definition) is 2. The lowest BCUT2D eigenvalue weighted by molar-refractivity contribution is -0.140. The number of halogens is 4. The van der Waals surface area contributed by atoms with Gasteiger partial charge in [0.15, 0.2) is 5.82 Å². The predicted molar refractivity (Wildman–Crippen MR) is 118 cm³/mol. The molecular weight excluding hydrogens is 466 g/mol. The number of rotatable bonds is 5. The first-order valence-corrected chi connectivity index (χ1v) is 11.1. The van der Waals surface area contributed by atoms with Crippen LogP contribution in [-0.2, 0) is 12.7 Å². The van der Waals surface area contributed by atoms with Crippen LogP contribution in [0.15, 0.2) is 30.3 Å². The summed E-state index contributed by atoms with van der Waals surface area (Å²) in [6, 6.07) is 6.26. The highest BCUT2D eigenvalue weighted by Crippen LogP contribution is 2.36. The SMILES string of the molecule is Cc1cc(Nc2cc(C)[nH]n2)nc(CN2C[C@@H]3C[C@H]2CN3C(=O)c2cccc(C(F)(F)F)c2F)n1. The van der Waals surface area contributed by atoms with Gasteiger partial charge in [-0.15, -0.1) is 0 Å². The molecule has 0 saturated carbocycles. The van der Waals surface area contributed by atoms with Crippen molar-refractivity contribution in [2.75, 3.05) is 18.4 Å². The number of nitrogens with zero attached hydrogens (tertiary/aromatic N) is 5. The Morgan fingerprint density at radius 2 is 1.94 bits per heavy atom. The molecule has 2 bridgehead atoms. The van der Waals surface area contributed by atoms with Crippen molar-refractivity contribution in [1.29, 1.82) is 0 Å². The molecule has 5 rings (SSSR count). The van der Waals surface area contributed by atoms with Crippen molar-refractivity contribution in [2.45, 2.75) is 45.1 Å². The summed E-state index contributed by atoms with van der Waals surface area (Å²) in [4.78, 5) is 25.6. The molecule has 3 aromatic rings. The number of amides is 1. The third-order valence-electron chi connectivity index (χ3n) is 6.36. The van der Waals surface area contributed by atoms with E-state index in [1.807, 2.05) is 26.0 Å². The minimum absolute atomic E-state index is 0.00711. The lowest BCUT2D eigenvalue weighted by atomic mass is 10.1. The molecule has 184 valence electrons. The van der Waals surface area contributed by atoms with E-state index in [4.69, 9.17) is 0 Å². The molecule has 2 aliphatic rings. The van der Waals surface area contributed by atoms with Crippen LogP contribution in [0.5, 0.6) is 0 Å². The molecule has 0 radical (unpaired) electrons. The second kappa shape index (κ2) is 8.59. The van der Waals surface area contributed by atoms with Gasteiger partial charge >= 0.3 is 6.18 Å². The van der Waals surface area contributed by atoms with Crippen molar-refractivity contribution < 1.29 is 22.4 Å². The zero-order chi connectivity index (χ0) is 24.9. The largest absolute Gasteiger partial charge is 0.419 e. The molecule has 8 nitrogen and oxygen atoms in total. The Kier molecular flexibility index (Phi) is 5.70. The summed E-state index contributed by atoms with van der Waals surface area (Å²) >= 11 is 0. The predicted octanol–water partition coefficient (Wildman–Crippen LogP) is 3.82. The highest BCUT2D eigenvalue weighted by Gasteiger charge is 2.46. The topological polar surface area (TPSA) is 90.0 Å². The van der Waals surface area contributed by atoms with Gasteiger partial charge in [-0.3, -0.25) is 14.8 Å². The van der Waals surface area contributed by atoms with Crippen molar-refractivity contribution in [2.24, 2.45) is 0 Å². The number of aromatic amines is 1. The molecule has 2 aromatic heterocycles. The van der Waals surface area contributed by atoms with Gasteiger partial charge in [0.05, 0.1) is 17.7 Å². The zero-order valence-electron chi connectivity index (χ0n) is 19.0. The van der Waals surface area contributed by atoms with Crippen molar-refractivity contribution in [3.8, 4) is 0 Å². The molecule has 2 fully saturated rings. The van der Waals surface area contributed by atoms with E-state index in [0.29, 0.717) is 49.6 Å². The second-order valence-electron chi connectivity index (χ2n) is 8.97. The van der Waals surface area contributed by atoms with Crippen LogP contribution in [0, 0.1) is 19.7 Å². The molecule has 0 aliphatic carbocycles. The van der Waals surface area contributed by atoms with Crippen LogP contribution in [-0.4, -0.2) is 61.0 Å². The minimum Gasteiger partial charge on any atom is -0.333 e. The van der Waals surface area contributed by atoms with Gasteiger partial charge in [0.1, 0.15) is 17.5 Å². The maximum Gasteiger partial charge on any atom is 0.419 e. The zero-order valence-corrected chi connectivity index (χ0v) is 19.0. The highest BCUT2D eigenvalue weighted by molar-refractivity contribution is 5.95. The van der Waals surface area contributed by atoms with Gasteiger partial charge < -0.3 is 10.2 Å². The fourth-order valence-electron chi connectivity index (χ4n) is 4.82. The summed E-state index contributed by atoms with van der Waals surface area (Å²) in [5.41, 5.74) is -0.285. The number of hydrogen-bond acceptors (Lipinski definition) is 6. The Morgan fingerprint density at radius 3 is 2.60 bits per heavy atom. The van der Waals surface area contributed by atoms with E-state index in [2.05, 4.69) is 30.4 Å². The number of carbonyl (C=O) groups is 1. The molecule has 0 unspecified atom stereocenters. The Hall–Kier alpha value is -3.54. The fourth-order valence-corrected chi connectivity index (χ4v) is 4.82. The first kappa shape index (κ1) is 23.2. The number of nitrogens with one attached hydrogen (secondary N) is 2. The molecule has 35 heavy (non-hydrogen) atoms. The fraction of sp³-hybridized carbons (Fsp3) is 0.391. The minimum atomic E-state index is -4.86. The van der Waals surface area contributed by atoms with Crippen molar-refractivity contribution in [3.63, 3.8) is 0 Å². The van der Waals surface area contributed by atoms with Crippen LogP contribution < -0.4 is 5.32 Å². The van der Waals surface area contributed by atoms with Crippen LogP contribution in [0.25, 0.3) is 0 Å². The summed E-state index contributed by atoms with van der Waals surface area (Å²) in [6.45, 7) is 5.04. The van der Waals surface area contributed by atoms with Crippen LogP contribution in [0.3, 0.4) is 0 Å². The Balaban J connectivity index is 1.27. The molecule has 2 aliphatic heterocycles. The Morgan fingerprint density at radius 1 is 1.14 bits per heavy atom. The number of fused-ring (bicyclic) bond motifs is 2. The molecule has 2 atom stereocenters. The average Bonchev–Trinajstić information content (AvgIpc) is 3.48. The monoisotopic (exact) mass is 489 g/mol. The van der Waals surface area contributed by atoms with Gasteiger partial charge in [-0.1, -0.05) is 6.07 Å². The van der Waals surface area contributed by atoms with Gasteiger partial charge in [0, 0.05) is 48.7 Å². The summed E-state index contributed by atoms with van der Waals surface area (Å²) in [6.07, 6.45) is -4.20. The van der Waals surface area contributed by atoms with E-state index in [1.165, 1.54) is 4.90 Å². The van der Waals surface area contributed by atoms with Crippen molar-refractivity contribution >= 4 is 17.5 Å². The maximum absolute atomic E-state index is 14.5. The number of aromatic nitrogens is 4. The average molecular weight is 489 g/mol. The first-order valence-electron chi connectivity index (χ1n) is 11.1. The number of benzene rings is 1. The van der Waals surface area contributed by atoms with Crippen LogP contribution in [0.4, 0.5) is 29.2 Å². The van der Waals surface area contributed by atoms with E-state index in [9.17, 15) is 22.4 Å². The number of alkyl halides is 3. The van der Waals surface area contributed by atoms with Gasteiger partial charge in [-0.25, -0.2) is 14.4 Å². The number of likely N-dealkylation sites (tertiary alicyclic amines) is 2. The van der Waals surface area contributed by atoms with Gasteiger partial charge in [0.25, 0.3) is 5.91 Å². The second-order valence-corrected chi connectivity index (χ2v) is 8.97. The van der Waals surface area contributed by atoms with Crippen LogP contribution >= 0.6 is 0 Å². The summed E-state index contributed by atoms with van der Waals surface area (Å²) in [7, 11) is 0. The third-order valence-corrected chi connectivity index (χ3v) is 6.36. The summed E-state index contributed by atoms with van der Waals surface area (Å²) in [5, 5.41) is 10.1. The third kappa shape index (κ3) is 4.57. The maximum atomic E-state index is 14.5. The molecular formula is C23H23F4N7O. The van der Waals surface area contributed by atoms with Gasteiger partial charge in [0.2, 0.25) is 0 Å². The van der Waals surface area contributed by atoms with Gasteiger partial charge in [-0.05, 0) is 32.4 Å². The van der Waals surface area contributed by atoms with E-state index in [1.54, 1.807) is 0 Å². The van der Waals surface area contributed by atoms with Crippen LogP contribution in [0.1, 0.15) is 39.6 Å². The number of anilines is 2. The Bertz CT molecular complexity index is 1270. The lowest BCUT2D eigenvalue weighted by Crippen LogP contribution is -2.48. The molecule has 12 heteroatoms. The number of aryl methyl sites for hydroxylation is 2. The molecule has 2 N–H and O–H groups in total. The standard InChI is InChI=1S/C23H23F4N7O/c1-12-6-18(29-19-7-13(2)31-32-19)30-20(28-12)11-33-9-15-8-14(33)10-34(15)22(35)16-4-3-5-17(21(16)24)23(25,26)27/h3-7,14-15H,8-11H2,1-2H3,(H2,28,29,30,31,32)/t14-,15-/m0/s1. The Labute approximate surface area is 198 Å². The molecule has 2 saturated heterocycles. The summed E-state index contributed by atoms with van der Waals surface area (Å²) < 4.78 is 53.7. The summed E-state index contributed by atoms with van der Waals surface area (Å²) in [5.74, 6) is -0.379.